The Kier molecular flexibility index (Phi) is 2.78. The Morgan fingerprint density at radius 2 is 2.12 bits per heavy atom. The molecule has 0 aliphatic carbocycles. The van der Waals surface area contributed by atoms with Crippen molar-refractivity contribution in [3.63, 3.8) is 0 Å². The number of benzene rings is 1. The highest BCUT2D eigenvalue weighted by atomic mass is 79.9. The molecule has 0 aliphatic rings. The first-order valence-electron chi connectivity index (χ1n) is 5.22. The van der Waals surface area contributed by atoms with Crippen molar-refractivity contribution >= 4 is 38.2 Å². The number of hydrogen-bond acceptors (Lipinski definition) is 3. The monoisotopic (exact) mass is 307 g/mol. The van der Waals surface area contributed by atoms with E-state index in [1.54, 1.807) is 11.3 Å². The van der Waals surface area contributed by atoms with Crippen LogP contribution < -0.4 is 5.73 Å². The first-order valence-corrected chi connectivity index (χ1v) is 6.90. The van der Waals surface area contributed by atoms with Crippen LogP contribution in [0.5, 0.6) is 0 Å². The number of thiophene rings is 1. The summed E-state index contributed by atoms with van der Waals surface area (Å²) in [5.41, 5.74) is 7.03. The molecule has 0 saturated carbocycles. The highest BCUT2D eigenvalue weighted by Crippen LogP contribution is 2.32. The van der Waals surface area contributed by atoms with E-state index in [1.807, 2.05) is 41.8 Å². The number of para-hydroxylation sites is 1. The topological polar surface area (TPSA) is 39.2 Å². The lowest BCUT2D eigenvalue weighted by Gasteiger charge is -2.04. The van der Waals surface area contributed by atoms with Gasteiger partial charge in [0.1, 0.15) is 11.3 Å². The van der Waals surface area contributed by atoms with Gasteiger partial charge in [-0.25, -0.2) is 0 Å². The number of halogens is 1. The van der Waals surface area contributed by atoms with E-state index in [-0.39, 0.29) is 6.04 Å². The summed E-state index contributed by atoms with van der Waals surface area (Å²) < 4.78 is 6.78. The van der Waals surface area contributed by atoms with E-state index in [4.69, 9.17) is 10.2 Å². The molecule has 0 fully saturated rings. The molecule has 0 radical (unpaired) electrons. The molecule has 3 aromatic rings. The molecule has 2 aromatic heterocycles. The summed E-state index contributed by atoms with van der Waals surface area (Å²) >= 11 is 5.12. The summed E-state index contributed by atoms with van der Waals surface area (Å²) in [7, 11) is 0. The molecule has 17 heavy (non-hydrogen) atoms. The van der Waals surface area contributed by atoms with E-state index in [9.17, 15) is 0 Å². The van der Waals surface area contributed by atoms with Gasteiger partial charge < -0.3 is 10.2 Å². The molecule has 4 heteroatoms. The van der Waals surface area contributed by atoms with Gasteiger partial charge in [0.2, 0.25) is 0 Å². The van der Waals surface area contributed by atoms with Crippen molar-refractivity contribution in [2.45, 2.75) is 6.04 Å². The summed E-state index contributed by atoms with van der Waals surface area (Å²) in [6.45, 7) is 0. The average Bonchev–Trinajstić information content (AvgIpc) is 2.98. The van der Waals surface area contributed by atoms with Crippen LogP contribution >= 0.6 is 27.3 Å². The third-order valence-electron chi connectivity index (χ3n) is 2.67. The minimum Gasteiger partial charge on any atom is -0.458 e. The summed E-state index contributed by atoms with van der Waals surface area (Å²) in [6, 6.07) is 11.8. The van der Waals surface area contributed by atoms with E-state index < -0.39 is 0 Å². The predicted octanol–water partition coefficient (Wildman–Crippen LogP) is 4.30. The zero-order valence-corrected chi connectivity index (χ0v) is 11.3. The normalized spacial score (nSPS) is 13.1. The Balaban J connectivity index is 2.10. The maximum Gasteiger partial charge on any atom is 0.148 e. The van der Waals surface area contributed by atoms with Crippen LogP contribution in [0.2, 0.25) is 0 Å². The van der Waals surface area contributed by atoms with Gasteiger partial charge in [0.15, 0.2) is 0 Å². The molecule has 0 amide bonds. The van der Waals surface area contributed by atoms with E-state index in [0.717, 1.165) is 26.1 Å². The molecule has 0 bridgehead atoms. The molecule has 0 spiro atoms. The molecule has 2 nitrogen and oxygen atoms in total. The average molecular weight is 308 g/mol. The molecule has 1 unspecified atom stereocenters. The van der Waals surface area contributed by atoms with E-state index in [0.29, 0.717) is 0 Å². The van der Waals surface area contributed by atoms with Crippen LogP contribution in [0.4, 0.5) is 0 Å². The Hall–Kier alpha value is -1.10. The van der Waals surface area contributed by atoms with Gasteiger partial charge in [-0.15, -0.1) is 11.3 Å². The first-order chi connectivity index (χ1) is 8.25. The van der Waals surface area contributed by atoms with Crippen molar-refractivity contribution in [2.75, 3.05) is 0 Å². The maximum atomic E-state index is 6.18. The van der Waals surface area contributed by atoms with Crippen LogP contribution in [0.15, 0.2) is 50.7 Å². The van der Waals surface area contributed by atoms with Crippen LogP contribution in [0.25, 0.3) is 11.0 Å². The summed E-state index contributed by atoms with van der Waals surface area (Å²) in [6.07, 6.45) is 0. The Morgan fingerprint density at radius 3 is 2.82 bits per heavy atom. The molecule has 1 aromatic carbocycles. The SMILES string of the molecule is NC(c1cc2cccc(Br)c2o1)c1cccs1. The standard InChI is InChI=1S/C13H10BrNOS/c14-9-4-1-3-8-7-10(16-13(8)9)12(15)11-5-2-6-17-11/h1-7,12H,15H2. The minimum atomic E-state index is -0.186. The number of rotatable bonds is 2. The summed E-state index contributed by atoms with van der Waals surface area (Å²) in [4.78, 5) is 1.11. The predicted molar refractivity (Wildman–Crippen MR) is 74.3 cm³/mol. The van der Waals surface area contributed by atoms with Crippen LogP contribution in [0, 0.1) is 0 Å². The highest BCUT2D eigenvalue weighted by molar-refractivity contribution is 9.10. The fourth-order valence-corrected chi connectivity index (χ4v) is 3.01. The maximum absolute atomic E-state index is 6.18. The van der Waals surface area contributed by atoms with Crippen molar-refractivity contribution in [3.8, 4) is 0 Å². The highest BCUT2D eigenvalue weighted by Gasteiger charge is 2.15. The van der Waals surface area contributed by atoms with Crippen LogP contribution in [0.1, 0.15) is 16.7 Å². The van der Waals surface area contributed by atoms with Crippen molar-refractivity contribution in [3.05, 3.63) is 56.9 Å². The molecule has 0 aliphatic heterocycles. The smallest absolute Gasteiger partial charge is 0.148 e. The van der Waals surface area contributed by atoms with Crippen molar-refractivity contribution < 1.29 is 4.42 Å². The van der Waals surface area contributed by atoms with Crippen LogP contribution in [-0.4, -0.2) is 0 Å². The molecule has 0 saturated heterocycles. The number of hydrogen-bond donors (Lipinski definition) is 1. The lowest BCUT2D eigenvalue weighted by Crippen LogP contribution is -2.08. The zero-order chi connectivity index (χ0) is 11.8. The fourth-order valence-electron chi connectivity index (χ4n) is 1.81. The second kappa shape index (κ2) is 4.29. The summed E-state index contributed by atoms with van der Waals surface area (Å²) in [5, 5.41) is 3.09. The largest absolute Gasteiger partial charge is 0.458 e. The zero-order valence-electron chi connectivity index (χ0n) is 8.89. The van der Waals surface area contributed by atoms with Gasteiger partial charge in [0.25, 0.3) is 0 Å². The van der Waals surface area contributed by atoms with Gasteiger partial charge in [-0.3, -0.25) is 0 Å². The Morgan fingerprint density at radius 1 is 1.24 bits per heavy atom. The van der Waals surface area contributed by atoms with E-state index in [1.165, 1.54) is 0 Å². The molecular formula is C13H10BrNOS. The molecule has 1 atom stereocenters. The Labute approximate surface area is 111 Å². The first kappa shape index (κ1) is 11.0. The van der Waals surface area contributed by atoms with Gasteiger partial charge in [-0.2, -0.15) is 0 Å². The number of nitrogens with two attached hydrogens (primary N) is 1. The third kappa shape index (κ3) is 1.92. The lowest BCUT2D eigenvalue weighted by molar-refractivity contribution is 0.526. The molecule has 86 valence electrons. The Bertz CT molecular complexity index is 645. The van der Waals surface area contributed by atoms with Crippen molar-refractivity contribution in [1.82, 2.24) is 0 Å². The van der Waals surface area contributed by atoms with Gasteiger partial charge in [0.05, 0.1) is 10.5 Å². The van der Waals surface area contributed by atoms with E-state index >= 15 is 0 Å². The van der Waals surface area contributed by atoms with Gasteiger partial charge in [0, 0.05) is 10.3 Å². The van der Waals surface area contributed by atoms with E-state index in [2.05, 4.69) is 15.9 Å². The quantitative estimate of drug-likeness (QED) is 0.766. The summed E-state index contributed by atoms with van der Waals surface area (Å²) in [5.74, 6) is 0.800. The molecule has 2 heterocycles. The van der Waals surface area contributed by atoms with Gasteiger partial charge in [-0.05, 0) is 39.5 Å². The van der Waals surface area contributed by atoms with Crippen LogP contribution in [0.3, 0.4) is 0 Å². The van der Waals surface area contributed by atoms with Crippen LogP contribution in [-0.2, 0) is 0 Å². The van der Waals surface area contributed by atoms with Gasteiger partial charge >= 0.3 is 0 Å². The minimum absolute atomic E-state index is 0.186. The van der Waals surface area contributed by atoms with Gasteiger partial charge in [-0.1, -0.05) is 18.2 Å². The second-order valence-corrected chi connectivity index (χ2v) is 5.63. The fraction of sp³-hybridized carbons (Fsp3) is 0.0769. The number of furan rings is 1. The second-order valence-electron chi connectivity index (χ2n) is 3.80. The van der Waals surface area contributed by atoms with Crippen molar-refractivity contribution in [1.29, 1.82) is 0 Å². The molecular weight excluding hydrogens is 298 g/mol. The van der Waals surface area contributed by atoms with Crippen molar-refractivity contribution in [2.24, 2.45) is 5.73 Å². The number of fused-ring (bicyclic) bond motifs is 1. The molecule has 3 rings (SSSR count). The lowest BCUT2D eigenvalue weighted by atomic mass is 10.2. The molecule has 2 N–H and O–H groups in total. The third-order valence-corrected chi connectivity index (χ3v) is 4.25.